The summed E-state index contributed by atoms with van der Waals surface area (Å²) in [6.45, 7) is 8.78. The van der Waals surface area contributed by atoms with Crippen molar-refractivity contribution in [3.8, 4) is 0 Å². The van der Waals surface area contributed by atoms with Crippen LogP contribution in [0.3, 0.4) is 0 Å². The lowest BCUT2D eigenvalue weighted by molar-refractivity contribution is -0.147. The van der Waals surface area contributed by atoms with Crippen LogP contribution in [0.25, 0.3) is 0 Å². The van der Waals surface area contributed by atoms with Crippen LogP contribution in [0.4, 0.5) is 0 Å². The van der Waals surface area contributed by atoms with Gasteiger partial charge in [-0.1, -0.05) is 6.92 Å². The van der Waals surface area contributed by atoms with Crippen molar-refractivity contribution in [1.82, 2.24) is 10.2 Å². The number of likely N-dealkylation sites (N-methyl/N-ethyl adjacent to an activating group) is 1. The minimum Gasteiger partial charge on any atom is -0.480 e. The van der Waals surface area contributed by atoms with Crippen molar-refractivity contribution >= 4 is 5.97 Å². The number of hydrogen-bond acceptors (Lipinski definition) is 4. The third-order valence-electron chi connectivity index (χ3n) is 3.91. The zero-order valence-electron chi connectivity index (χ0n) is 12.6. The molecule has 2 N–H and O–H groups in total. The summed E-state index contributed by atoms with van der Waals surface area (Å²) in [6, 6.07) is 0.311. The van der Waals surface area contributed by atoms with Gasteiger partial charge in [-0.25, -0.2) is 0 Å². The summed E-state index contributed by atoms with van der Waals surface area (Å²) >= 11 is 0. The molecule has 1 aliphatic carbocycles. The van der Waals surface area contributed by atoms with E-state index in [1.807, 2.05) is 6.92 Å². The van der Waals surface area contributed by atoms with Crippen molar-refractivity contribution in [3.05, 3.63) is 0 Å². The average Bonchev–Trinajstić information content (AvgIpc) is 3.16. The van der Waals surface area contributed by atoms with Crippen LogP contribution in [0.1, 0.15) is 33.6 Å². The number of nitrogens with one attached hydrogen (secondary N) is 1. The molecule has 5 heteroatoms. The summed E-state index contributed by atoms with van der Waals surface area (Å²) in [5.41, 5.74) is -0.799. The molecule has 0 spiro atoms. The van der Waals surface area contributed by atoms with E-state index < -0.39 is 11.5 Å². The molecule has 5 nitrogen and oxygen atoms in total. The number of rotatable bonds is 10. The van der Waals surface area contributed by atoms with Gasteiger partial charge in [0.25, 0.3) is 0 Å². The van der Waals surface area contributed by atoms with Gasteiger partial charge in [-0.05, 0) is 39.2 Å². The highest BCUT2D eigenvalue weighted by Gasteiger charge is 2.51. The van der Waals surface area contributed by atoms with Crippen molar-refractivity contribution < 1.29 is 14.6 Å². The van der Waals surface area contributed by atoms with Crippen molar-refractivity contribution in [2.24, 2.45) is 5.92 Å². The molecule has 0 saturated heterocycles. The average molecular weight is 272 g/mol. The predicted octanol–water partition coefficient (Wildman–Crippen LogP) is 1.19. The molecule has 1 fully saturated rings. The Balaban J connectivity index is 2.81. The Kier molecular flexibility index (Phi) is 6.23. The molecular formula is C14H28N2O3. The first-order chi connectivity index (χ1) is 8.97. The fourth-order valence-corrected chi connectivity index (χ4v) is 2.59. The Morgan fingerprint density at radius 1 is 1.53 bits per heavy atom. The van der Waals surface area contributed by atoms with Crippen molar-refractivity contribution in [2.45, 2.75) is 45.2 Å². The topological polar surface area (TPSA) is 61.8 Å². The van der Waals surface area contributed by atoms with Gasteiger partial charge in [0.1, 0.15) is 5.54 Å². The third-order valence-corrected chi connectivity index (χ3v) is 3.91. The highest BCUT2D eigenvalue weighted by Crippen LogP contribution is 2.40. The molecular weight excluding hydrogens is 244 g/mol. The number of ether oxygens (including phenoxy) is 1. The van der Waals surface area contributed by atoms with Gasteiger partial charge in [-0.15, -0.1) is 0 Å². The summed E-state index contributed by atoms with van der Waals surface area (Å²) in [7, 11) is 1.67. The van der Waals surface area contributed by atoms with E-state index in [-0.39, 0.29) is 5.92 Å². The molecule has 1 aliphatic rings. The lowest BCUT2D eigenvalue weighted by Gasteiger charge is -2.38. The molecule has 0 aromatic heterocycles. The summed E-state index contributed by atoms with van der Waals surface area (Å²) in [5.74, 6) is -0.464. The van der Waals surface area contributed by atoms with Crippen molar-refractivity contribution in [1.29, 1.82) is 0 Å². The Labute approximate surface area is 116 Å². The minimum absolute atomic E-state index is 0.258. The molecule has 1 atom stereocenters. The fourth-order valence-electron chi connectivity index (χ4n) is 2.59. The zero-order valence-corrected chi connectivity index (χ0v) is 12.6. The van der Waals surface area contributed by atoms with E-state index in [2.05, 4.69) is 24.1 Å². The fraction of sp³-hybridized carbons (Fsp3) is 0.929. The highest BCUT2D eigenvalue weighted by molar-refractivity contribution is 5.80. The van der Waals surface area contributed by atoms with Gasteiger partial charge in [-0.2, -0.15) is 0 Å². The second-order valence-electron chi connectivity index (χ2n) is 5.64. The minimum atomic E-state index is -0.799. The van der Waals surface area contributed by atoms with E-state index in [0.29, 0.717) is 25.7 Å². The summed E-state index contributed by atoms with van der Waals surface area (Å²) in [4.78, 5) is 14.0. The van der Waals surface area contributed by atoms with Crippen LogP contribution in [0.5, 0.6) is 0 Å². The number of carbonyl (C=O) groups is 1. The number of methoxy groups -OCH3 is 1. The van der Waals surface area contributed by atoms with Gasteiger partial charge in [0.2, 0.25) is 0 Å². The van der Waals surface area contributed by atoms with Gasteiger partial charge in [-0.3, -0.25) is 9.69 Å². The number of hydrogen-bond donors (Lipinski definition) is 2. The molecule has 0 radical (unpaired) electrons. The smallest absolute Gasteiger partial charge is 0.325 e. The molecule has 0 aliphatic heterocycles. The van der Waals surface area contributed by atoms with Crippen LogP contribution in [-0.2, 0) is 9.53 Å². The lowest BCUT2D eigenvalue weighted by Crippen LogP contribution is -2.61. The molecule has 0 heterocycles. The normalized spacial score (nSPS) is 18.8. The molecule has 0 amide bonds. The first kappa shape index (κ1) is 16.4. The van der Waals surface area contributed by atoms with Crippen LogP contribution in [0, 0.1) is 5.92 Å². The van der Waals surface area contributed by atoms with Crippen LogP contribution in [0.2, 0.25) is 0 Å². The lowest BCUT2D eigenvalue weighted by atomic mass is 9.91. The van der Waals surface area contributed by atoms with Crippen LogP contribution in [-0.4, -0.2) is 60.9 Å². The predicted molar refractivity (Wildman–Crippen MR) is 75.4 cm³/mol. The van der Waals surface area contributed by atoms with E-state index in [4.69, 9.17) is 4.74 Å². The number of carboxylic acids is 1. The van der Waals surface area contributed by atoms with Gasteiger partial charge in [0, 0.05) is 26.2 Å². The third kappa shape index (κ3) is 4.16. The van der Waals surface area contributed by atoms with Crippen LogP contribution < -0.4 is 5.32 Å². The monoisotopic (exact) mass is 272 g/mol. The number of carboxylic acid groups (broad SMARTS) is 1. The largest absolute Gasteiger partial charge is 0.480 e. The molecule has 1 rings (SSSR count). The molecule has 0 bridgehead atoms. The van der Waals surface area contributed by atoms with Gasteiger partial charge in [0.15, 0.2) is 0 Å². The Morgan fingerprint density at radius 3 is 2.53 bits per heavy atom. The van der Waals surface area contributed by atoms with Crippen molar-refractivity contribution in [2.75, 3.05) is 33.4 Å². The molecule has 1 saturated carbocycles. The Morgan fingerprint density at radius 2 is 2.16 bits per heavy atom. The van der Waals surface area contributed by atoms with E-state index in [1.54, 1.807) is 7.11 Å². The standard InChI is InChI=1S/C14H28N2O3/c1-5-15-14(13(17)18,12-6-7-12)10-16(11(2)3)8-9-19-4/h11-12,15H,5-10H2,1-4H3,(H,17,18). The molecule has 1 unspecified atom stereocenters. The van der Waals surface area contributed by atoms with Crippen LogP contribution in [0.15, 0.2) is 0 Å². The number of nitrogens with zero attached hydrogens (tertiary/aromatic N) is 1. The summed E-state index contributed by atoms with van der Waals surface area (Å²) < 4.78 is 5.12. The van der Waals surface area contributed by atoms with E-state index in [9.17, 15) is 9.90 Å². The van der Waals surface area contributed by atoms with E-state index in [0.717, 1.165) is 19.4 Å². The Bertz CT molecular complexity index is 292. The number of aliphatic carboxylic acids is 1. The quantitative estimate of drug-likeness (QED) is 0.625. The molecule has 19 heavy (non-hydrogen) atoms. The molecule has 0 aromatic rings. The van der Waals surface area contributed by atoms with E-state index in [1.165, 1.54) is 0 Å². The first-order valence-electron chi connectivity index (χ1n) is 7.19. The summed E-state index contributed by atoms with van der Waals surface area (Å²) in [5, 5.41) is 12.9. The first-order valence-corrected chi connectivity index (χ1v) is 7.19. The van der Waals surface area contributed by atoms with E-state index >= 15 is 0 Å². The Hall–Kier alpha value is -0.650. The van der Waals surface area contributed by atoms with Crippen molar-refractivity contribution in [3.63, 3.8) is 0 Å². The highest BCUT2D eigenvalue weighted by atomic mass is 16.5. The second kappa shape index (κ2) is 7.22. The zero-order chi connectivity index (χ0) is 14.5. The molecule has 112 valence electrons. The maximum absolute atomic E-state index is 11.8. The second-order valence-corrected chi connectivity index (χ2v) is 5.64. The van der Waals surface area contributed by atoms with Gasteiger partial charge < -0.3 is 15.2 Å². The summed E-state index contributed by atoms with van der Waals surface area (Å²) in [6.07, 6.45) is 2.02. The van der Waals surface area contributed by atoms with Gasteiger partial charge >= 0.3 is 5.97 Å². The maximum Gasteiger partial charge on any atom is 0.325 e. The maximum atomic E-state index is 11.8. The van der Waals surface area contributed by atoms with Crippen LogP contribution >= 0.6 is 0 Å². The van der Waals surface area contributed by atoms with Gasteiger partial charge in [0.05, 0.1) is 6.61 Å². The molecule has 0 aromatic carbocycles. The SMILES string of the molecule is CCNC(CN(CCOC)C(C)C)(C(=O)O)C1CC1.